The van der Waals surface area contributed by atoms with Gasteiger partial charge in [-0.1, -0.05) is 20.3 Å². The maximum Gasteiger partial charge on any atom is 0.271 e. The van der Waals surface area contributed by atoms with E-state index >= 15 is 0 Å². The van der Waals surface area contributed by atoms with Crippen LogP contribution in [0.15, 0.2) is 18.2 Å². The molecule has 0 saturated heterocycles. The lowest BCUT2D eigenvalue weighted by molar-refractivity contribution is -0.384. The fourth-order valence-electron chi connectivity index (χ4n) is 3.19. The van der Waals surface area contributed by atoms with Crippen LogP contribution in [0.25, 0.3) is 0 Å². The van der Waals surface area contributed by atoms with Gasteiger partial charge < -0.3 is 5.32 Å². The second kappa shape index (κ2) is 5.59. The van der Waals surface area contributed by atoms with Crippen molar-refractivity contribution < 1.29 is 4.92 Å². The average Bonchev–Trinajstić information content (AvgIpc) is 2.70. The van der Waals surface area contributed by atoms with Gasteiger partial charge in [0, 0.05) is 23.9 Å². The lowest BCUT2D eigenvalue weighted by Gasteiger charge is -2.22. The molecule has 104 valence electrons. The van der Waals surface area contributed by atoms with Gasteiger partial charge in [0.1, 0.15) is 0 Å². The van der Waals surface area contributed by atoms with Gasteiger partial charge in [0.15, 0.2) is 0 Å². The zero-order valence-electron chi connectivity index (χ0n) is 11.8. The number of hydrogen-bond acceptors (Lipinski definition) is 3. The van der Waals surface area contributed by atoms with Crippen LogP contribution in [-0.2, 0) is 0 Å². The third-order valence-corrected chi connectivity index (χ3v) is 4.38. The number of anilines is 1. The smallest absolute Gasteiger partial charge is 0.271 e. The van der Waals surface area contributed by atoms with E-state index in [1.165, 1.54) is 12.8 Å². The Bertz CT molecular complexity index is 473. The summed E-state index contributed by atoms with van der Waals surface area (Å²) in [7, 11) is 0. The van der Waals surface area contributed by atoms with Crippen LogP contribution in [-0.4, -0.2) is 11.0 Å². The minimum Gasteiger partial charge on any atom is -0.382 e. The van der Waals surface area contributed by atoms with Crippen molar-refractivity contribution in [2.75, 3.05) is 5.32 Å². The molecular weight excluding hydrogens is 240 g/mol. The van der Waals surface area contributed by atoms with Crippen LogP contribution in [0.2, 0.25) is 0 Å². The number of aryl methyl sites for hydroxylation is 1. The van der Waals surface area contributed by atoms with Crippen molar-refractivity contribution in [3.8, 4) is 0 Å². The van der Waals surface area contributed by atoms with Gasteiger partial charge in [-0.2, -0.15) is 0 Å². The van der Waals surface area contributed by atoms with Gasteiger partial charge in [-0.25, -0.2) is 0 Å². The van der Waals surface area contributed by atoms with Gasteiger partial charge in [-0.05, 0) is 43.2 Å². The first-order valence-corrected chi connectivity index (χ1v) is 7.04. The van der Waals surface area contributed by atoms with E-state index < -0.39 is 0 Å². The van der Waals surface area contributed by atoms with E-state index in [4.69, 9.17) is 0 Å². The minimum atomic E-state index is -0.328. The van der Waals surface area contributed by atoms with Crippen LogP contribution in [0.4, 0.5) is 11.4 Å². The Morgan fingerprint density at radius 2 is 2.11 bits per heavy atom. The molecule has 0 radical (unpaired) electrons. The molecule has 1 aromatic carbocycles. The van der Waals surface area contributed by atoms with E-state index in [0.29, 0.717) is 12.0 Å². The number of non-ortho nitro benzene ring substituents is 1. The summed E-state index contributed by atoms with van der Waals surface area (Å²) in [5.74, 6) is 1.40. The van der Waals surface area contributed by atoms with Crippen LogP contribution in [0, 0.1) is 28.9 Å². The molecule has 1 saturated carbocycles. The lowest BCUT2D eigenvalue weighted by Crippen LogP contribution is -2.24. The molecule has 1 aliphatic rings. The number of benzene rings is 1. The fourth-order valence-corrected chi connectivity index (χ4v) is 3.19. The SMILES string of the molecule is CCC1CCC(Nc2cc(C)cc([N+](=O)[O-])c2)C1C. The molecule has 3 unspecified atom stereocenters. The van der Waals surface area contributed by atoms with E-state index in [1.54, 1.807) is 12.1 Å². The molecule has 0 spiro atoms. The zero-order chi connectivity index (χ0) is 14.0. The first-order valence-electron chi connectivity index (χ1n) is 7.04. The predicted molar refractivity (Wildman–Crippen MR) is 77.4 cm³/mol. The highest BCUT2D eigenvalue weighted by Crippen LogP contribution is 2.36. The number of rotatable bonds is 4. The minimum absolute atomic E-state index is 0.167. The third-order valence-electron chi connectivity index (χ3n) is 4.38. The molecule has 1 aliphatic carbocycles. The number of nitrogens with one attached hydrogen (secondary N) is 1. The van der Waals surface area contributed by atoms with Crippen LogP contribution in [0.3, 0.4) is 0 Å². The summed E-state index contributed by atoms with van der Waals surface area (Å²) in [6.45, 7) is 6.41. The molecule has 3 atom stereocenters. The van der Waals surface area contributed by atoms with E-state index in [9.17, 15) is 10.1 Å². The van der Waals surface area contributed by atoms with E-state index in [-0.39, 0.29) is 10.6 Å². The third kappa shape index (κ3) is 3.06. The van der Waals surface area contributed by atoms with Crippen molar-refractivity contribution in [1.29, 1.82) is 0 Å². The Hall–Kier alpha value is -1.58. The largest absolute Gasteiger partial charge is 0.382 e. The fraction of sp³-hybridized carbons (Fsp3) is 0.600. The van der Waals surface area contributed by atoms with Gasteiger partial charge in [0.25, 0.3) is 5.69 Å². The Balaban J connectivity index is 2.13. The second-order valence-electron chi connectivity index (χ2n) is 5.67. The van der Waals surface area contributed by atoms with Crippen LogP contribution in [0.1, 0.15) is 38.7 Å². The number of nitrogens with zero attached hydrogens (tertiary/aromatic N) is 1. The Labute approximate surface area is 114 Å². The summed E-state index contributed by atoms with van der Waals surface area (Å²) < 4.78 is 0. The summed E-state index contributed by atoms with van der Waals surface area (Å²) in [6.07, 6.45) is 3.62. The molecule has 0 aromatic heterocycles. The quantitative estimate of drug-likeness (QED) is 0.655. The maximum absolute atomic E-state index is 10.9. The molecule has 19 heavy (non-hydrogen) atoms. The highest BCUT2D eigenvalue weighted by molar-refractivity contribution is 5.54. The van der Waals surface area contributed by atoms with Crippen LogP contribution in [0.5, 0.6) is 0 Å². The summed E-state index contributed by atoms with van der Waals surface area (Å²) in [4.78, 5) is 10.6. The van der Waals surface area contributed by atoms with Gasteiger partial charge >= 0.3 is 0 Å². The molecule has 4 nitrogen and oxygen atoms in total. The normalized spacial score (nSPS) is 26.4. The first-order chi connectivity index (χ1) is 9.01. The second-order valence-corrected chi connectivity index (χ2v) is 5.67. The average molecular weight is 262 g/mol. The van der Waals surface area contributed by atoms with Crippen molar-refractivity contribution in [2.24, 2.45) is 11.8 Å². The van der Waals surface area contributed by atoms with Crippen molar-refractivity contribution in [1.82, 2.24) is 0 Å². The van der Waals surface area contributed by atoms with Crippen LogP contribution < -0.4 is 5.32 Å². The Morgan fingerprint density at radius 3 is 2.68 bits per heavy atom. The molecule has 4 heteroatoms. The first kappa shape index (κ1) is 13.8. The van der Waals surface area contributed by atoms with Crippen molar-refractivity contribution in [2.45, 2.75) is 46.1 Å². The molecule has 0 bridgehead atoms. The van der Waals surface area contributed by atoms with Crippen molar-refractivity contribution >= 4 is 11.4 Å². The van der Waals surface area contributed by atoms with Gasteiger partial charge in [0.05, 0.1) is 4.92 Å². The topological polar surface area (TPSA) is 55.2 Å². The summed E-state index contributed by atoms with van der Waals surface area (Å²) in [5, 5.41) is 14.4. The summed E-state index contributed by atoms with van der Waals surface area (Å²) in [5.41, 5.74) is 1.97. The van der Waals surface area contributed by atoms with E-state index in [1.807, 2.05) is 13.0 Å². The van der Waals surface area contributed by atoms with Crippen molar-refractivity contribution in [3.63, 3.8) is 0 Å². The number of hydrogen-bond donors (Lipinski definition) is 1. The van der Waals surface area contributed by atoms with Gasteiger partial charge in [-0.15, -0.1) is 0 Å². The Morgan fingerprint density at radius 1 is 1.37 bits per heavy atom. The van der Waals surface area contributed by atoms with E-state index in [2.05, 4.69) is 19.2 Å². The predicted octanol–water partition coefficient (Wildman–Crippen LogP) is 4.14. The van der Waals surface area contributed by atoms with Gasteiger partial charge in [-0.3, -0.25) is 10.1 Å². The summed E-state index contributed by atoms with van der Waals surface area (Å²) >= 11 is 0. The van der Waals surface area contributed by atoms with Gasteiger partial charge in [0.2, 0.25) is 0 Å². The molecule has 0 heterocycles. The molecule has 2 rings (SSSR count). The van der Waals surface area contributed by atoms with Crippen LogP contribution >= 0.6 is 0 Å². The Kier molecular flexibility index (Phi) is 4.08. The number of nitro groups is 1. The molecule has 1 aromatic rings. The zero-order valence-corrected chi connectivity index (χ0v) is 11.8. The monoisotopic (exact) mass is 262 g/mol. The van der Waals surface area contributed by atoms with Crippen molar-refractivity contribution in [3.05, 3.63) is 33.9 Å². The highest BCUT2D eigenvalue weighted by Gasteiger charge is 2.31. The molecule has 0 amide bonds. The highest BCUT2D eigenvalue weighted by atomic mass is 16.6. The maximum atomic E-state index is 10.9. The molecule has 0 aliphatic heterocycles. The van der Waals surface area contributed by atoms with E-state index in [0.717, 1.165) is 23.6 Å². The molecule has 1 fully saturated rings. The number of nitro benzene ring substituents is 1. The summed E-state index contributed by atoms with van der Waals surface area (Å²) in [6, 6.07) is 5.67. The standard InChI is InChI=1S/C15H22N2O2/c1-4-12-5-6-15(11(12)3)16-13-7-10(2)8-14(9-13)17(18)19/h7-9,11-12,15-16H,4-6H2,1-3H3. The lowest BCUT2D eigenvalue weighted by atomic mass is 9.93. The molecule has 1 N–H and O–H groups in total. The molecular formula is C15H22N2O2.